The van der Waals surface area contributed by atoms with Crippen LogP contribution < -0.4 is 9.47 Å². The Hall–Kier alpha value is -2.09. The highest BCUT2D eigenvalue weighted by molar-refractivity contribution is 8.00. The van der Waals surface area contributed by atoms with Crippen LogP contribution in [0.1, 0.15) is 24.2 Å². The number of aryl methyl sites for hydroxylation is 1. The van der Waals surface area contributed by atoms with Crippen LogP contribution in [0.3, 0.4) is 0 Å². The molecular formula is C14H18N4O3S. The summed E-state index contributed by atoms with van der Waals surface area (Å²) >= 11 is 1.33. The van der Waals surface area contributed by atoms with Gasteiger partial charge in [0.2, 0.25) is 5.16 Å². The number of ketones is 1. The molecule has 0 amide bonds. The fraction of sp³-hybridized carbons (Fsp3) is 0.429. The first-order valence-corrected chi connectivity index (χ1v) is 7.67. The monoisotopic (exact) mass is 322 g/mol. The molecule has 1 atom stereocenters. The summed E-state index contributed by atoms with van der Waals surface area (Å²) in [7, 11) is 3.10. The van der Waals surface area contributed by atoms with Crippen molar-refractivity contribution < 1.29 is 14.3 Å². The van der Waals surface area contributed by atoms with Gasteiger partial charge in [-0.05, 0) is 42.5 Å². The van der Waals surface area contributed by atoms with Crippen molar-refractivity contribution in [2.24, 2.45) is 0 Å². The van der Waals surface area contributed by atoms with Gasteiger partial charge in [-0.25, -0.2) is 4.68 Å². The molecule has 0 unspecified atom stereocenters. The van der Waals surface area contributed by atoms with Gasteiger partial charge in [-0.3, -0.25) is 4.79 Å². The smallest absolute Gasteiger partial charge is 0.210 e. The quantitative estimate of drug-likeness (QED) is 0.570. The molecule has 2 aromatic rings. The maximum atomic E-state index is 12.5. The summed E-state index contributed by atoms with van der Waals surface area (Å²) in [5, 5.41) is 11.7. The van der Waals surface area contributed by atoms with Crippen molar-refractivity contribution in [1.29, 1.82) is 0 Å². The van der Waals surface area contributed by atoms with Gasteiger partial charge in [0.1, 0.15) is 0 Å². The molecule has 0 saturated heterocycles. The standard InChI is InChI=1S/C14H18N4O3S/c1-5-18-14(15-16-17-18)22-9(2)13(19)10-6-7-11(20-3)12(8-10)21-4/h6-9H,5H2,1-4H3/t9-/m1/s1. The molecule has 2 rings (SSSR count). The van der Waals surface area contributed by atoms with E-state index < -0.39 is 0 Å². The van der Waals surface area contributed by atoms with Crippen molar-refractivity contribution in [3.8, 4) is 11.5 Å². The van der Waals surface area contributed by atoms with Gasteiger partial charge in [0.25, 0.3) is 0 Å². The van der Waals surface area contributed by atoms with Gasteiger partial charge in [-0.2, -0.15) is 0 Å². The van der Waals surface area contributed by atoms with Crippen LogP contribution in [0, 0.1) is 0 Å². The van der Waals surface area contributed by atoms with Gasteiger partial charge in [-0.1, -0.05) is 11.8 Å². The fourth-order valence-corrected chi connectivity index (χ4v) is 2.85. The Morgan fingerprint density at radius 3 is 2.68 bits per heavy atom. The lowest BCUT2D eigenvalue weighted by Crippen LogP contribution is -2.15. The molecule has 1 heterocycles. The molecule has 118 valence electrons. The predicted octanol–water partition coefficient (Wildman–Crippen LogP) is 2.07. The van der Waals surface area contributed by atoms with E-state index >= 15 is 0 Å². The van der Waals surface area contributed by atoms with E-state index in [-0.39, 0.29) is 11.0 Å². The highest BCUT2D eigenvalue weighted by Gasteiger charge is 2.21. The summed E-state index contributed by atoms with van der Waals surface area (Å²) < 4.78 is 12.1. The van der Waals surface area contributed by atoms with Crippen LogP contribution in [0.5, 0.6) is 11.5 Å². The van der Waals surface area contributed by atoms with E-state index in [1.807, 2.05) is 13.8 Å². The van der Waals surface area contributed by atoms with Crippen LogP contribution in [-0.2, 0) is 6.54 Å². The number of nitrogens with zero attached hydrogens (tertiary/aromatic N) is 4. The minimum atomic E-state index is -0.311. The van der Waals surface area contributed by atoms with Crippen LogP contribution in [0.4, 0.5) is 0 Å². The van der Waals surface area contributed by atoms with Crippen molar-refractivity contribution in [2.75, 3.05) is 14.2 Å². The number of aromatic nitrogens is 4. The highest BCUT2D eigenvalue weighted by atomic mass is 32.2. The number of methoxy groups -OCH3 is 2. The van der Waals surface area contributed by atoms with E-state index in [9.17, 15) is 4.79 Å². The van der Waals surface area contributed by atoms with Crippen LogP contribution in [0.15, 0.2) is 23.4 Å². The van der Waals surface area contributed by atoms with Crippen molar-refractivity contribution >= 4 is 17.5 Å². The zero-order valence-corrected chi connectivity index (χ0v) is 13.8. The number of ether oxygens (including phenoxy) is 2. The molecule has 0 spiro atoms. The summed E-state index contributed by atoms with van der Waals surface area (Å²) in [4.78, 5) is 12.5. The second-order valence-electron chi connectivity index (χ2n) is 4.47. The van der Waals surface area contributed by atoms with Crippen molar-refractivity contribution in [1.82, 2.24) is 20.2 Å². The number of thioether (sulfide) groups is 1. The predicted molar refractivity (Wildman–Crippen MR) is 82.7 cm³/mol. The first-order chi connectivity index (χ1) is 10.6. The van der Waals surface area contributed by atoms with Crippen LogP contribution in [0.2, 0.25) is 0 Å². The van der Waals surface area contributed by atoms with Gasteiger partial charge < -0.3 is 9.47 Å². The van der Waals surface area contributed by atoms with E-state index in [1.165, 1.54) is 11.8 Å². The minimum Gasteiger partial charge on any atom is -0.493 e. The SMILES string of the molecule is CCn1nnnc1S[C@H](C)C(=O)c1ccc(OC)c(OC)c1. The molecule has 1 aromatic carbocycles. The lowest BCUT2D eigenvalue weighted by atomic mass is 10.1. The van der Waals surface area contributed by atoms with Crippen molar-refractivity contribution in [2.45, 2.75) is 30.8 Å². The number of tetrazole rings is 1. The second-order valence-corrected chi connectivity index (χ2v) is 5.78. The van der Waals surface area contributed by atoms with E-state index in [0.29, 0.717) is 28.8 Å². The first kappa shape index (κ1) is 16.3. The number of benzene rings is 1. The Kier molecular flexibility index (Phi) is 5.37. The average molecular weight is 322 g/mol. The zero-order valence-electron chi connectivity index (χ0n) is 12.9. The minimum absolute atomic E-state index is 0.0170. The Morgan fingerprint density at radius 2 is 2.05 bits per heavy atom. The molecular weight excluding hydrogens is 304 g/mol. The van der Waals surface area contributed by atoms with Gasteiger partial charge in [0, 0.05) is 12.1 Å². The van der Waals surface area contributed by atoms with Gasteiger partial charge in [0.15, 0.2) is 17.3 Å². The Labute approximate surface area is 133 Å². The van der Waals surface area contributed by atoms with Crippen LogP contribution in [-0.4, -0.2) is 45.5 Å². The normalized spacial score (nSPS) is 12.0. The first-order valence-electron chi connectivity index (χ1n) is 6.79. The third-order valence-corrected chi connectivity index (χ3v) is 4.19. The third-order valence-electron chi connectivity index (χ3n) is 3.12. The molecule has 0 aliphatic carbocycles. The van der Waals surface area contributed by atoms with E-state index in [2.05, 4.69) is 15.5 Å². The van der Waals surface area contributed by atoms with E-state index in [4.69, 9.17) is 9.47 Å². The lowest BCUT2D eigenvalue weighted by Gasteiger charge is -2.12. The molecule has 0 N–H and O–H groups in total. The number of Topliss-reactive ketones (excluding diaryl/α,β-unsaturated/α-hetero) is 1. The fourth-order valence-electron chi connectivity index (χ4n) is 1.92. The molecule has 0 aliphatic rings. The number of rotatable bonds is 7. The number of hydrogen-bond acceptors (Lipinski definition) is 7. The molecule has 0 aliphatic heterocycles. The number of hydrogen-bond donors (Lipinski definition) is 0. The molecule has 7 nitrogen and oxygen atoms in total. The molecule has 0 saturated carbocycles. The van der Waals surface area contributed by atoms with Crippen molar-refractivity contribution in [3.05, 3.63) is 23.8 Å². The second kappa shape index (κ2) is 7.26. The maximum Gasteiger partial charge on any atom is 0.210 e. The molecule has 0 bridgehead atoms. The molecule has 0 fully saturated rings. The van der Waals surface area contributed by atoms with Crippen LogP contribution >= 0.6 is 11.8 Å². The van der Waals surface area contributed by atoms with E-state index in [0.717, 1.165) is 0 Å². The molecule has 1 aromatic heterocycles. The topological polar surface area (TPSA) is 79.1 Å². The summed E-state index contributed by atoms with van der Waals surface area (Å²) in [5.74, 6) is 1.11. The van der Waals surface area contributed by atoms with Gasteiger partial charge in [-0.15, -0.1) is 5.10 Å². The Bertz CT molecular complexity index is 659. The zero-order chi connectivity index (χ0) is 16.1. The third kappa shape index (κ3) is 3.38. The molecule has 8 heteroatoms. The molecule has 22 heavy (non-hydrogen) atoms. The van der Waals surface area contributed by atoms with E-state index in [1.54, 1.807) is 37.1 Å². The number of carbonyl (C=O) groups excluding carboxylic acids is 1. The van der Waals surface area contributed by atoms with Gasteiger partial charge in [0.05, 0.1) is 19.5 Å². The molecule has 0 radical (unpaired) electrons. The summed E-state index contributed by atoms with van der Waals surface area (Å²) in [5.41, 5.74) is 0.563. The summed E-state index contributed by atoms with van der Waals surface area (Å²) in [6, 6.07) is 5.13. The Balaban J connectivity index is 2.17. The summed E-state index contributed by atoms with van der Waals surface area (Å²) in [6.07, 6.45) is 0. The largest absolute Gasteiger partial charge is 0.493 e. The van der Waals surface area contributed by atoms with Crippen LogP contribution in [0.25, 0.3) is 0 Å². The summed E-state index contributed by atoms with van der Waals surface area (Å²) in [6.45, 7) is 4.44. The van der Waals surface area contributed by atoms with Gasteiger partial charge >= 0.3 is 0 Å². The average Bonchev–Trinajstić information content (AvgIpc) is 3.00. The Morgan fingerprint density at radius 1 is 1.32 bits per heavy atom. The van der Waals surface area contributed by atoms with Crippen molar-refractivity contribution in [3.63, 3.8) is 0 Å². The maximum absolute atomic E-state index is 12.5. The number of carbonyl (C=O) groups is 1. The lowest BCUT2D eigenvalue weighted by molar-refractivity contribution is 0.0993. The highest BCUT2D eigenvalue weighted by Crippen LogP contribution is 2.30.